The lowest BCUT2D eigenvalue weighted by atomic mass is 9.57. The highest BCUT2D eigenvalue weighted by molar-refractivity contribution is 6.35. The lowest BCUT2D eigenvalue weighted by molar-refractivity contribution is -0.129. The molecule has 3 nitrogen and oxygen atoms in total. The molecule has 4 rings (SSSR count). The first-order chi connectivity index (χ1) is 12.7. The number of hydrogen-bond donors (Lipinski definition) is 0. The van der Waals surface area contributed by atoms with E-state index in [0.717, 1.165) is 22.4 Å². The van der Waals surface area contributed by atoms with Crippen molar-refractivity contribution in [2.45, 2.75) is 27.2 Å². The summed E-state index contributed by atoms with van der Waals surface area (Å²) >= 11 is 6.07. The molecule has 1 unspecified atom stereocenters. The van der Waals surface area contributed by atoms with Gasteiger partial charge in [0, 0.05) is 28.6 Å². The minimum atomic E-state index is -0.754. The number of fused-ring (bicyclic) bond motifs is 3. The minimum absolute atomic E-state index is 0.0308. The Bertz CT molecular complexity index is 1000. The molecule has 1 aliphatic heterocycles. The molecule has 0 spiro atoms. The maximum atomic E-state index is 13.5. The molecule has 2 aromatic carbocycles. The van der Waals surface area contributed by atoms with Crippen molar-refractivity contribution >= 4 is 40.1 Å². The Kier molecular flexibility index (Phi) is 3.87. The zero-order chi connectivity index (χ0) is 19.6. The van der Waals surface area contributed by atoms with Crippen LogP contribution in [0.3, 0.4) is 0 Å². The van der Waals surface area contributed by atoms with Gasteiger partial charge in [-0.25, -0.2) is 0 Å². The van der Waals surface area contributed by atoms with Crippen molar-refractivity contribution in [1.29, 1.82) is 0 Å². The molecule has 0 bridgehead atoms. The van der Waals surface area contributed by atoms with Gasteiger partial charge >= 0.3 is 0 Å². The number of nitrogens with zero attached hydrogens (tertiary/aromatic N) is 1. The molecule has 1 aliphatic carbocycles. The predicted octanol–water partition coefficient (Wildman–Crippen LogP) is 5.23. The van der Waals surface area contributed by atoms with Gasteiger partial charge in [-0.2, -0.15) is 0 Å². The zero-order valence-corrected chi connectivity index (χ0v) is 16.7. The van der Waals surface area contributed by atoms with Crippen LogP contribution in [-0.2, 0) is 9.59 Å². The van der Waals surface area contributed by atoms with E-state index in [1.165, 1.54) is 0 Å². The molecule has 0 N–H and O–H groups in total. The number of anilines is 1. The molecule has 0 aromatic heterocycles. The van der Waals surface area contributed by atoms with Gasteiger partial charge in [-0.15, -0.1) is 0 Å². The molecule has 0 fully saturated rings. The average Bonchev–Trinajstić information content (AvgIpc) is 2.63. The molecule has 0 radical (unpaired) electrons. The van der Waals surface area contributed by atoms with Gasteiger partial charge in [-0.1, -0.05) is 55.8 Å². The van der Waals surface area contributed by atoms with Crippen molar-refractivity contribution in [3.05, 3.63) is 64.7 Å². The summed E-state index contributed by atoms with van der Waals surface area (Å²) in [7, 11) is 1.81. The van der Waals surface area contributed by atoms with Gasteiger partial charge in [0.2, 0.25) is 5.91 Å². The number of allylic oxidation sites excluding steroid dienone is 1. The third-order valence-electron chi connectivity index (χ3n) is 5.88. The van der Waals surface area contributed by atoms with Crippen LogP contribution in [0.5, 0.6) is 0 Å². The number of hydrogen-bond acceptors (Lipinski definition) is 2. The molecule has 2 aromatic rings. The van der Waals surface area contributed by atoms with E-state index in [1.54, 1.807) is 17.0 Å². The Morgan fingerprint density at radius 3 is 2.26 bits per heavy atom. The fourth-order valence-corrected chi connectivity index (χ4v) is 4.87. The number of benzene rings is 2. The quantitative estimate of drug-likeness (QED) is 0.680. The molecule has 1 amide bonds. The van der Waals surface area contributed by atoms with Crippen molar-refractivity contribution in [2.24, 2.45) is 10.8 Å². The van der Waals surface area contributed by atoms with Gasteiger partial charge in [0.25, 0.3) is 0 Å². The van der Waals surface area contributed by atoms with Crippen LogP contribution < -0.4 is 4.90 Å². The van der Waals surface area contributed by atoms with Crippen LogP contribution in [0.4, 0.5) is 5.69 Å². The van der Waals surface area contributed by atoms with Crippen LogP contribution in [0, 0.1) is 10.8 Å². The van der Waals surface area contributed by atoms with Crippen LogP contribution in [0.15, 0.2) is 48.5 Å². The molecule has 0 saturated heterocycles. The summed E-state index contributed by atoms with van der Waals surface area (Å²) in [5.41, 5.74) is 2.70. The van der Waals surface area contributed by atoms with Gasteiger partial charge in [0.15, 0.2) is 5.78 Å². The van der Waals surface area contributed by atoms with Crippen molar-refractivity contribution in [2.75, 3.05) is 11.9 Å². The second-order valence-electron chi connectivity index (χ2n) is 8.36. The lowest BCUT2D eigenvalue weighted by Gasteiger charge is -2.48. The van der Waals surface area contributed by atoms with Crippen molar-refractivity contribution < 1.29 is 9.59 Å². The van der Waals surface area contributed by atoms with Crippen LogP contribution in [0.1, 0.15) is 38.3 Å². The van der Waals surface area contributed by atoms with Crippen molar-refractivity contribution in [3.8, 4) is 0 Å². The number of rotatable bonds is 1. The number of amides is 1. The van der Waals surface area contributed by atoms with Crippen molar-refractivity contribution in [3.63, 3.8) is 0 Å². The molecular weight excluding hydrogens is 358 g/mol. The maximum absolute atomic E-state index is 13.5. The number of halogens is 1. The Balaban J connectivity index is 2.14. The van der Waals surface area contributed by atoms with E-state index >= 15 is 0 Å². The predicted molar refractivity (Wildman–Crippen MR) is 110 cm³/mol. The van der Waals surface area contributed by atoms with Crippen LogP contribution >= 0.6 is 11.6 Å². The Morgan fingerprint density at radius 1 is 0.963 bits per heavy atom. The van der Waals surface area contributed by atoms with Gasteiger partial charge in [-0.3, -0.25) is 9.59 Å². The smallest absolute Gasteiger partial charge is 0.237 e. The van der Waals surface area contributed by atoms with Crippen LogP contribution in [0.2, 0.25) is 5.02 Å². The largest absolute Gasteiger partial charge is 0.314 e. The van der Waals surface area contributed by atoms with E-state index in [-0.39, 0.29) is 11.7 Å². The maximum Gasteiger partial charge on any atom is 0.237 e. The number of para-hydroxylation sites is 1. The molecule has 1 atom stereocenters. The van der Waals surface area contributed by atoms with Gasteiger partial charge in [-0.05, 0) is 42.7 Å². The van der Waals surface area contributed by atoms with E-state index in [0.29, 0.717) is 17.0 Å². The first-order valence-corrected chi connectivity index (χ1v) is 9.48. The first-order valence-electron chi connectivity index (χ1n) is 9.10. The number of carbonyl (C=O) groups excluding carboxylic acids is 2. The van der Waals surface area contributed by atoms with E-state index in [4.69, 9.17) is 11.6 Å². The van der Waals surface area contributed by atoms with Gasteiger partial charge in [0.1, 0.15) is 0 Å². The monoisotopic (exact) mass is 379 g/mol. The number of Topliss-reactive ketones (excluding diaryl/α,β-unsaturated/α-hetero) is 1. The second-order valence-corrected chi connectivity index (χ2v) is 8.80. The lowest BCUT2D eigenvalue weighted by Crippen LogP contribution is -2.51. The molecule has 4 heteroatoms. The summed E-state index contributed by atoms with van der Waals surface area (Å²) in [6.07, 6.45) is 0.489. The van der Waals surface area contributed by atoms with Crippen LogP contribution in [0.25, 0.3) is 11.1 Å². The fourth-order valence-electron chi connectivity index (χ4n) is 4.74. The Labute approximate surface area is 164 Å². The highest BCUT2D eigenvalue weighted by atomic mass is 35.5. The third kappa shape index (κ3) is 2.49. The standard InChI is InChI=1S/C23H22ClNO2/c1-22(2)13-23(3)19(16-7-5-6-8-17(16)25(4)21(23)27)18(20(22)26)14-9-11-15(24)12-10-14/h5-12H,13H2,1-4H3. The van der Waals surface area contributed by atoms with Gasteiger partial charge in [0.05, 0.1) is 11.1 Å². The van der Waals surface area contributed by atoms with E-state index in [9.17, 15) is 9.59 Å². The average molecular weight is 380 g/mol. The third-order valence-corrected chi connectivity index (χ3v) is 6.14. The summed E-state index contributed by atoms with van der Waals surface area (Å²) in [5.74, 6) is 0.104. The highest BCUT2D eigenvalue weighted by Crippen LogP contribution is 2.58. The Morgan fingerprint density at radius 2 is 1.59 bits per heavy atom. The fraction of sp³-hybridized carbons (Fsp3) is 0.304. The molecular formula is C23H22ClNO2. The Hall–Kier alpha value is -2.39. The summed E-state index contributed by atoms with van der Waals surface area (Å²) in [4.78, 5) is 28.7. The topological polar surface area (TPSA) is 37.4 Å². The molecule has 138 valence electrons. The summed E-state index contributed by atoms with van der Waals surface area (Å²) in [6, 6.07) is 15.1. The zero-order valence-electron chi connectivity index (χ0n) is 16.0. The number of carbonyl (C=O) groups is 2. The normalized spacial score (nSPS) is 24.0. The van der Waals surface area contributed by atoms with Gasteiger partial charge < -0.3 is 4.90 Å². The highest BCUT2D eigenvalue weighted by Gasteiger charge is 2.55. The molecule has 1 heterocycles. The van der Waals surface area contributed by atoms with E-state index in [1.807, 2.05) is 64.2 Å². The van der Waals surface area contributed by atoms with Crippen molar-refractivity contribution in [1.82, 2.24) is 0 Å². The second kappa shape index (κ2) is 5.80. The SMILES string of the molecule is CN1C(=O)C2(C)CC(C)(C)C(=O)C(c3ccc(Cl)cc3)=C2c2ccccc21. The molecule has 27 heavy (non-hydrogen) atoms. The molecule has 0 saturated carbocycles. The van der Waals surface area contributed by atoms with E-state index < -0.39 is 10.8 Å². The van der Waals surface area contributed by atoms with Crippen LogP contribution in [-0.4, -0.2) is 18.7 Å². The van der Waals surface area contributed by atoms with E-state index in [2.05, 4.69) is 0 Å². The minimum Gasteiger partial charge on any atom is -0.314 e. The molecule has 2 aliphatic rings. The first kappa shape index (κ1) is 18.0. The summed E-state index contributed by atoms with van der Waals surface area (Å²) in [6.45, 7) is 5.84. The summed E-state index contributed by atoms with van der Waals surface area (Å²) < 4.78 is 0. The summed E-state index contributed by atoms with van der Waals surface area (Å²) in [5, 5.41) is 0.620. The number of ketones is 1.